The molecule has 5 heteroatoms. The standard InChI is InChI=1S/C8H12N3O2/c1-11(2,3)8-5-4-7(6-9-8)10(12)13/h4-6H,1-3H3/q+1. The van der Waals surface area contributed by atoms with Crippen molar-refractivity contribution in [3.63, 3.8) is 0 Å². The first-order valence-corrected chi connectivity index (χ1v) is 3.84. The summed E-state index contributed by atoms with van der Waals surface area (Å²) < 4.78 is 0.554. The lowest BCUT2D eigenvalue weighted by Crippen LogP contribution is -2.35. The minimum absolute atomic E-state index is 0.0252. The van der Waals surface area contributed by atoms with E-state index in [1.165, 1.54) is 12.3 Å². The lowest BCUT2D eigenvalue weighted by Gasteiger charge is -2.21. The fourth-order valence-corrected chi connectivity index (χ4v) is 0.883. The van der Waals surface area contributed by atoms with Gasteiger partial charge in [0.15, 0.2) is 0 Å². The monoisotopic (exact) mass is 182 g/mol. The second-order valence-electron chi connectivity index (χ2n) is 3.64. The van der Waals surface area contributed by atoms with Crippen molar-refractivity contribution in [1.82, 2.24) is 9.47 Å². The Bertz CT molecular complexity index is 313. The van der Waals surface area contributed by atoms with Crippen LogP contribution in [-0.4, -0.2) is 31.1 Å². The lowest BCUT2D eigenvalue weighted by molar-refractivity contribution is -0.385. The van der Waals surface area contributed by atoms with Gasteiger partial charge in [-0.25, -0.2) is 0 Å². The highest BCUT2D eigenvalue weighted by atomic mass is 16.6. The number of nitro groups is 1. The third-order valence-corrected chi connectivity index (χ3v) is 1.63. The van der Waals surface area contributed by atoms with Crippen molar-refractivity contribution in [3.8, 4) is 0 Å². The highest BCUT2D eigenvalue weighted by molar-refractivity contribution is 5.38. The number of hydrogen-bond acceptors (Lipinski definition) is 3. The number of pyridine rings is 1. The summed E-state index contributed by atoms with van der Waals surface area (Å²) in [6, 6.07) is 3.13. The maximum absolute atomic E-state index is 10.3. The largest absolute Gasteiger partial charge is 0.288 e. The van der Waals surface area contributed by atoms with Crippen LogP contribution in [0, 0.1) is 10.1 Å². The van der Waals surface area contributed by atoms with E-state index in [2.05, 4.69) is 4.98 Å². The van der Waals surface area contributed by atoms with Gasteiger partial charge in [-0.3, -0.25) is 14.6 Å². The van der Waals surface area contributed by atoms with Gasteiger partial charge in [-0.05, 0) is 0 Å². The van der Waals surface area contributed by atoms with Gasteiger partial charge in [-0.1, -0.05) is 0 Å². The van der Waals surface area contributed by atoms with E-state index in [1.54, 1.807) is 6.07 Å². The molecule has 1 heterocycles. The number of nitrogens with zero attached hydrogens (tertiary/aromatic N) is 3. The van der Waals surface area contributed by atoms with Gasteiger partial charge < -0.3 is 0 Å². The molecule has 0 aliphatic heterocycles. The molecule has 0 amide bonds. The number of quaternary nitrogens is 1. The summed E-state index contributed by atoms with van der Waals surface area (Å²) in [5, 5.41) is 10.3. The summed E-state index contributed by atoms with van der Waals surface area (Å²) in [5.74, 6) is 0.797. The Morgan fingerprint density at radius 2 is 2.00 bits per heavy atom. The highest BCUT2D eigenvalue weighted by Crippen LogP contribution is 2.16. The normalized spacial score (nSPS) is 11.3. The Labute approximate surface area is 76.4 Å². The molecule has 0 saturated heterocycles. The predicted molar refractivity (Wildman–Crippen MR) is 50.5 cm³/mol. The summed E-state index contributed by atoms with van der Waals surface area (Å²) in [6.45, 7) is 0. The van der Waals surface area contributed by atoms with Gasteiger partial charge in [0.25, 0.3) is 5.69 Å². The van der Waals surface area contributed by atoms with Crippen LogP contribution < -0.4 is 4.48 Å². The lowest BCUT2D eigenvalue weighted by atomic mass is 10.4. The van der Waals surface area contributed by atoms with Crippen LogP contribution in [0.4, 0.5) is 11.5 Å². The van der Waals surface area contributed by atoms with Crippen LogP contribution in [0.5, 0.6) is 0 Å². The van der Waals surface area contributed by atoms with Gasteiger partial charge in [-0.2, -0.15) is 4.98 Å². The zero-order valence-corrected chi connectivity index (χ0v) is 7.89. The summed E-state index contributed by atoms with van der Waals surface area (Å²) in [6.07, 6.45) is 1.28. The van der Waals surface area contributed by atoms with E-state index in [9.17, 15) is 10.1 Å². The first-order chi connectivity index (χ1) is 5.91. The molecule has 0 bridgehead atoms. The van der Waals surface area contributed by atoms with Crippen molar-refractivity contribution in [2.45, 2.75) is 0 Å². The van der Waals surface area contributed by atoms with Crippen molar-refractivity contribution >= 4 is 11.5 Å². The summed E-state index contributed by atoms with van der Waals surface area (Å²) >= 11 is 0. The number of aromatic nitrogens is 1. The molecule has 13 heavy (non-hydrogen) atoms. The molecule has 0 aliphatic rings. The van der Waals surface area contributed by atoms with Gasteiger partial charge in [0.1, 0.15) is 6.20 Å². The average molecular weight is 182 g/mol. The molecule has 0 radical (unpaired) electrons. The summed E-state index contributed by atoms with van der Waals surface area (Å²) in [5.41, 5.74) is 0.0252. The maximum atomic E-state index is 10.3. The molecule has 0 saturated carbocycles. The fourth-order valence-electron chi connectivity index (χ4n) is 0.883. The molecule has 5 nitrogen and oxygen atoms in total. The molecule has 1 rings (SSSR count). The molecule has 1 aromatic heterocycles. The molecule has 0 aliphatic carbocycles. The van der Waals surface area contributed by atoms with Gasteiger partial charge >= 0.3 is 0 Å². The van der Waals surface area contributed by atoms with Gasteiger partial charge in [0.2, 0.25) is 5.82 Å². The Morgan fingerprint density at radius 1 is 1.38 bits per heavy atom. The van der Waals surface area contributed by atoms with E-state index in [0.29, 0.717) is 4.48 Å². The summed E-state index contributed by atoms with van der Waals surface area (Å²) in [4.78, 5) is 13.9. The van der Waals surface area contributed by atoms with Gasteiger partial charge in [-0.15, -0.1) is 0 Å². The Kier molecular flexibility index (Phi) is 2.29. The van der Waals surface area contributed by atoms with Crippen LogP contribution in [0.3, 0.4) is 0 Å². The molecule has 0 aromatic carbocycles. The van der Waals surface area contributed by atoms with Crippen molar-refractivity contribution in [3.05, 3.63) is 28.4 Å². The smallest absolute Gasteiger partial charge is 0.282 e. The average Bonchev–Trinajstić information content (AvgIpc) is 2.03. The van der Waals surface area contributed by atoms with E-state index in [1.807, 2.05) is 21.1 Å². The van der Waals surface area contributed by atoms with E-state index < -0.39 is 4.92 Å². The van der Waals surface area contributed by atoms with Crippen LogP contribution in [0.15, 0.2) is 18.3 Å². The van der Waals surface area contributed by atoms with Crippen molar-refractivity contribution < 1.29 is 4.92 Å². The van der Waals surface area contributed by atoms with E-state index in [0.717, 1.165) is 5.82 Å². The second-order valence-corrected chi connectivity index (χ2v) is 3.64. The first-order valence-electron chi connectivity index (χ1n) is 3.84. The fraction of sp³-hybridized carbons (Fsp3) is 0.375. The topological polar surface area (TPSA) is 56.0 Å². The molecule has 0 N–H and O–H groups in total. The molecular formula is C8H12N3O2+. The van der Waals surface area contributed by atoms with Crippen LogP contribution in [0.25, 0.3) is 0 Å². The van der Waals surface area contributed by atoms with Crippen LogP contribution in [-0.2, 0) is 0 Å². The number of rotatable bonds is 2. The van der Waals surface area contributed by atoms with Crippen molar-refractivity contribution in [2.75, 3.05) is 21.1 Å². The van der Waals surface area contributed by atoms with Crippen LogP contribution >= 0.6 is 0 Å². The molecule has 1 aromatic rings. The SMILES string of the molecule is C[N+](C)(C)c1ccc([N+](=O)[O-])cn1. The van der Waals surface area contributed by atoms with Crippen molar-refractivity contribution in [2.24, 2.45) is 0 Å². The van der Waals surface area contributed by atoms with E-state index in [-0.39, 0.29) is 5.69 Å². The first kappa shape index (κ1) is 9.60. The van der Waals surface area contributed by atoms with Gasteiger partial charge in [0.05, 0.1) is 26.1 Å². The minimum Gasteiger partial charge on any atom is -0.282 e. The second kappa shape index (κ2) is 3.10. The predicted octanol–water partition coefficient (Wildman–Crippen LogP) is 1.19. The zero-order chi connectivity index (χ0) is 10.1. The Balaban J connectivity index is 3.01. The minimum atomic E-state index is -0.452. The van der Waals surface area contributed by atoms with E-state index in [4.69, 9.17) is 0 Å². The molecule has 0 spiro atoms. The molecular weight excluding hydrogens is 170 g/mol. The quantitative estimate of drug-likeness (QED) is 0.392. The summed E-state index contributed by atoms with van der Waals surface area (Å²) in [7, 11) is 5.86. The molecule has 0 fully saturated rings. The molecule has 0 atom stereocenters. The van der Waals surface area contributed by atoms with Crippen LogP contribution in [0.1, 0.15) is 0 Å². The molecule has 70 valence electrons. The maximum Gasteiger partial charge on any atom is 0.288 e. The third-order valence-electron chi connectivity index (χ3n) is 1.63. The Morgan fingerprint density at radius 3 is 2.31 bits per heavy atom. The zero-order valence-electron chi connectivity index (χ0n) is 7.89. The molecule has 0 unspecified atom stereocenters. The number of hydrogen-bond donors (Lipinski definition) is 0. The van der Waals surface area contributed by atoms with Gasteiger partial charge in [0, 0.05) is 12.1 Å². The third kappa shape index (κ3) is 2.22. The highest BCUT2D eigenvalue weighted by Gasteiger charge is 2.15. The van der Waals surface area contributed by atoms with E-state index >= 15 is 0 Å². The Hall–Kier alpha value is -1.49. The van der Waals surface area contributed by atoms with Crippen molar-refractivity contribution in [1.29, 1.82) is 0 Å². The van der Waals surface area contributed by atoms with Crippen LogP contribution in [0.2, 0.25) is 0 Å².